The monoisotopic (exact) mass is 294 g/mol. The van der Waals surface area contributed by atoms with Gasteiger partial charge in [-0.3, -0.25) is 0 Å². The van der Waals surface area contributed by atoms with Crippen LogP contribution in [0.5, 0.6) is 0 Å². The highest BCUT2D eigenvalue weighted by Gasteiger charge is 2.04. The number of hydrogen-bond donors (Lipinski definition) is 0. The Bertz CT molecular complexity index is 294. The second kappa shape index (κ2) is 8.47. The van der Waals surface area contributed by atoms with E-state index in [0.717, 1.165) is 0 Å². The number of benzene rings is 1. The van der Waals surface area contributed by atoms with Crippen molar-refractivity contribution >= 4 is 29.4 Å². The highest BCUT2D eigenvalue weighted by molar-refractivity contribution is 6.55. The van der Waals surface area contributed by atoms with Crippen LogP contribution in [0.1, 0.15) is 12.8 Å². The smallest absolute Gasteiger partial charge is 0.211 e. The van der Waals surface area contributed by atoms with Crippen LogP contribution in [-0.4, -0.2) is 31.9 Å². The third kappa shape index (κ3) is 6.95. The molecule has 0 aliphatic rings. The van der Waals surface area contributed by atoms with Crippen LogP contribution < -0.4 is 10.4 Å². The van der Waals surface area contributed by atoms with E-state index in [1.165, 1.54) is 10.4 Å². The van der Waals surface area contributed by atoms with Gasteiger partial charge in [-0.05, 0) is 0 Å². The van der Waals surface area contributed by atoms with Gasteiger partial charge in [0.15, 0.2) is 0 Å². The van der Waals surface area contributed by atoms with Crippen molar-refractivity contribution < 1.29 is 17.6 Å². The second-order valence-electron chi connectivity index (χ2n) is 4.38. The lowest BCUT2D eigenvalue weighted by Crippen LogP contribution is -2.20. The minimum Gasteiger partial charge on any atom is -0.211 e. The fourth-order valence-corrected chi connectivity index (χ4v) is 4.77. The lowest BCUT2D eigenvalue weighted by atomic mass is 10.4. The minimum absolute atomic E-state index is 0.00286. The molecule has 0 aliphatic carbocycles. The number of hydrogen-bond acceptors (Lipinski definition) is 0. The zero-order valence-corrected chi connectivity index (χ0v) is 13.0. The average molecular weight is 294 g/mol. The molecule has 0 aromatic heterocycles. The van der Waals surface area contributed by atoms with Crippen LogP contribution in [0, 0.1) is 0 Å². The summed E-state index contributed by atoms with van der Waals surface area (Å²) < 4.78 is 47.9. The zero-order valence-electron chi connectivity index (χ0n) is 10.2. The highest BCUT2D eigenvalue weighted by Crippen LogP contribution is 2.03. The fourth-order valence-electron chi connectivity index (χ4n) is 1.79. The Morgan fingerprint density at radius 3 is 1.33 bits per heavy atom. The first-order valence-corrected chi connectivity index (χ1v) is 9.63. The molecule has 0 aliphatic heterocycles. The normalized spacial score (nSPS) is 12.8. The summed E-state index contributed by atoms with van der Waals surface area (Å²) in [4.78, 5) is 0. The summed E-state index contributed by atoms with van der Waals surface area (Å²) in [5, 5.41) is 2.37. The molecule has 6 heteroatoms. The van der Waals surface area contributed by atoms with Crippen LogP contribution in [0.2, 0.25) is 12.1 Å². The third-order valence-corrected chi connectivity index (χ3v) is 6.42. The van der Waals surface area contributed by atoms with E-state index in [9.17, 15) is 17.6 Å². The molecule has 0 nitrogen and oxygen atoms in total. The maximum Gasteiger partial charge on any atom is 0.238 e. The maximum atomic E-state index is 12.0. The van der Waals surface area contributed by atoms with Gasteiger partial charge in [-0.1, -0.05) is 46.7 Å². The minimum atomic E-state index is -2.20. The van der Waals surface area contributed by atoms with E-state index in [1.54, 1.807) is 0 Å². The molecule has 0 amide bonds. The number of alkyl halides is 4. The van der Waals surface area contributed by atoms with Gasteiger partial charge in [-0.2, -0.15) is 0 Å². The Balaban J connectivity index is 2.28. The van der Waals surface area contributed by atoms with Gasteiger partial charge in [0.1, 0.15) is 0 Å². The van der Waals surface area contributed by atoms with E-state index >= 15 is 0 Å². The summed E-state index contributed by atoms with van der Waals surface area (Å²) in [5.41, 5.74) is 0. The van der Waals surface area contributed by atoms with Crippen LogP contribution >= 0.6 is 0 Å². The molecule has 1 rings (SSSR count). The zero-order chi connectivity index (χ0) is 13.4. The topological polar surface area (TPSA) is 0 Å². The molecule has 1 aromatic rings. The first-order valence-electron chi connectivity index (χ1n) is 6.22. The van der Waals surface area contributed by atoms with Gasteiger partial charge < -0.3 is 0 Å². The van der Waals surface area contributed by atoms with E-state index < -0.39 is 31.9 Å². The van der Waals surface area contributed by atoms with Crippen molar-refractivity contribution in [2.24, 2.45) is 0 Å². The Labute approximate surface area is 109 Å². The molecule has 0 radical (unpaired) electrons. The van der Waals surface area contributed by atoms with E-state index in [1.807, 2.05) is 24.3 Å². The highest BCUT2D eigenvalue weighted by atomic mass is 28.2. The van der Waals surface area contributed by atoms with E-state index in [2.05, 4.69) is 0 Å². The molecule has 0 atom stereocenters. The first-order chi connectivity index (χ1) is 8.58. The molecule has 102 valence electrons. The van der Waals surface area contributed by atoms with Gasteiger partial charge in [0.2, 0.25) is 12.9 Å². The van der Waals surface area contributed by atoms with Crippen LogP contribution in [0.4, 0.5) is 17.6 Å². The largest absolute Gasteiger partial charge is 0.238 e. The molecule has 0 saturated heterocycles. The maximum absolute atomic E-state index is 12.0. The van der Waals surface area contributed by atoms with Crippen molar-refractivity contribution in [3.05, 3.63) is 24.3 Å². The Morgan fingerprint density at radius 1 is 0.722 bits per heavy atom. The molecule has 0 saturated carbocycles. The molecule has 0 unspecified atom stereocenters. The SMILES string of the molecule is FC(F)CC[SiH2]c1ccc([SiH2]CCC(F)F)cc1. The third-order valence-electron chi connectivity index (χ3n) is 2.80. The predicted octanol–water partition coefficient (Wildman–Crippen LogP) is 1.42. The van der Waals surface area contributed by atoms with Crippen molar-refractivity contribution in [3.63, 3.8) is 0 Å². The average Bonchev–Trinajstić information content (AvgIpc) is 2.30. The van der Waals surface area contributed by atoms with Gasteiger partial charge in [-0.25, -0.2) is 17.6 Å². The van der Waals surface area contributed by atoms with Crippen molar-refractivity contribution in [2.45, 2.75) is 37.8 Å². The van der Waals surface area contributed by atoms with E-state index in [0.29, 0.717) is 12.1 Å². The summed E-state index contributed by atoms with van der Waals surface area (Å²) >= 11 is 0. The van der Waals surface area contributed by atoms with Crippen LogP contribution in [0.15, 0.2) is 24.3 Å². The second-order valence-corrected chi connectivity index (χ2v) is 8.43. The van der Waals surface area contributed by atoms with Crippen molar-refractivity contribution in [2.75, 3.05) is 0 Å². The summed E-state index contributed by atoms with van der Waals surface area (Å²) in [6.45, 7) is 0. The lowest BCUT2D eigenvalue weighted by Gasteiger charge is -2.04. The first kappa shape index (κ1) is 15.4. The molecule has 0 fully saturated rings. The number of halogens is 4. The van der Waals surface area contributed by atoms with Gasteiger partial charge in [0.05, 0.1) is 19.0 Å². The summed E-state index contributed by atoms with van der Waals surface area (Å²) in [7, 11) is -1.17. The Morgan fingerprint density at radius 2 is 1.06 bits per heavy atom. The lowest BCUT2D eigenvalue weighted by molar-refractivity contribution is 0.143. The molecular weight excluding hydrogens is 276 g/mol. The molecule has 0 bridgehead atoms. The number of rotatable bonds is 8. The van der Waals surface area contributed by atoms with Crippen LogP contribution in [0.3, 0.4) is 0 Å². The standard InChI is InChI=1S/C12H18F4Si2/c13-11(14)5-7-17-9-1-2-10(4-3-9)18-8-6-12(15)16/h1-4,11-12H,5-8,17-18H2. The van der Waals surface area contributed by atoms with Gasteiger partial charge in [0.25, 0.3) is 0 Å². The van der Waals surface area contributed by atoms with E-state index in [-0.39, 0.29) is 12.8 Å². The van der Waals surface area contributed by atoms with Crippen molar-refractivity contribution in [1.29, 1.82) is 0 Å². The Kier molecular flexibility index (Phi) is 7.26. The van der Waals surface area contributed by atoms with Gasteiger partial charge in [-0.15, -0.1) is 0 Å². The molecule has 0 N–H and O–H groups in total. The quantitative estimate of drug-likeness (QED) is 0.502. The molecule has 0 heterocycles. The predicted molar refractivity (Wildman–Crippen MR) is 73.7 cm³/mol. The Hall–Kier alpha value is -0.626. The van der Waals surface area contributed by atoms with Crippen LogP contribution in [0.25, 0.3) is 0 Å². The van der Waals surface area contributed by atoms with Crippen molar-refractivity contribution in [1.82, 2.24) is 0 Å². The van der Waals surface area contributed by atoms with Crippen LogP contribution in [-0.2, 0) is 0 Å². The molecule has 0 spiro atoms. The van der Waals surface area contributed by atoms with E-state index in [4.69, 9.17) is 0 Å². The molecular formula is C12H18F4Si2. The molecule has 18 heavy (non-hydrogen) atoms. The van der Waals surface area contributed by atoms with Gasteiger partial charge in [0, 0.05) is 12.8 Å². The summed E-state index contributed by atoms with van der Waals surface area (Å²) in [6, 6.07) is 9.20. The van der Waals surface area contributed by atoms with Gasteiger partial charge >= 0.3 is 0 Å². The van der Waals surface area contributed by atoms with Crippen molar-refractivity contribution in [3.8, 4) is 0 Å². The summed E-state index contributed by atoms with van der Waals surface area (Å²) in [5.74, 6) is 0. The summed E-state index contributed by atoms with van der Waals surface area (Å²) in [6.07, 6.45) is -4.40. The molecule has 1 aromatic carbocycles. The fraction of sp³-hybridized carbons (Fsp3) is 0.500.